The van der Waals surface area contributed by atoms with Gasteiger partial charge in [-0.3, -0.25) is 0 Å². The average Bonchev–Trinajstić information content (AvgIpc) is 2.11. The van der Waals surface area contributed by atoms with Crippen molar-refractivity contribution in [3.05, 3.63) is 18.2 Å². The Bertz CT molecular complexity index is 554. The molecule has 1 aromatic carbocycles. The number of rotatable bonds is 4. The molecule has 9 heteroatoms. The molecule has 1 rings (SSSR count). The minimum Gasteiger partial charge on any atom is -0.508 e. The Labute approximate surface area is 108 Å². The van der Waals surface area contributed by atoms with Gasteiger partial charge in [-0.25, -0.2) is 13.1 Å². The van der Waals surface area contributed by atoms with Crippen LogP contribution < -0.4 is 9.46 Å². The van der Waals surface area contributed by atoms with Crippen molar-refractivity contribution in [1.82, 2.24) is 4.72 Å². The van der Waals surface area contributed by atoms with Gasteiger partial charge in [-0.2, -0.15) is 0 Å². The summed E-state index contributed by atoms with van der Waals surface area (Å²) in [4.78, 5) is -0.698. The largest absolute Gasteiger partial charge is 0.573 e. The fourth-order valence-corrected chi connectivity index (χ4v) is 2.66. The van der Waals surface area contributed by atoms with Gasteiger partial charge in [0.25, 0.3) is 0 Å². The standard InChI is InChI=1S/C10H12F3NO4S/c1-6(2)14-19(16,17)9-4-3-7(15)5-8(9)18-10(11,12)13/h3-6,14-15H,1-2H3. The summed E-state index contributed by atoms with van der Waals surface area (Å²) in [6.07, 6.45) is -5.06. The van der Waals surface area contributed by atoms with Gasteiger partial charge >= 0.3 is 6.36 Å². The van der Waals surface area contributed by atoms with Crippen molar-refractivity contribution in [3.8, 4) is 11.5 Å². The van der Waals surface area contributed by atoms with Gasteiger partial charge in [0.2, 0.25) is 10.0 Å². The van der Waals surface area contributed by atoms with Crippen LogP contribution >= 0.6 is 0 Å². The molecule has 0 amide bonds. The van der Waals surface area contributed by atoms with E-state index in [4.69, 9.17) is 5.11 Å². The van der Waals surface area contributed by atoms with Crippen LogP contribution in [-0.2, 0) is 10.0 Å². The summed E-state index contributed by atoms with van der Waals surface area (Å²) < 4.78 is 65.9. The van der Waals surface area contributed by atoms with Crippen molar-refractivity contribution in [2.24, 2.45) is 0 Å². The average molecular weight is 299 g/mol. The molecule has 19 heavy (non-hydrogen) atoms. The van der Waals surface area contributed by atoms with Crippen molar-refractivity contribution in [2.45, 2.75) is 31.1 Å². The van der Waals surface area contributed by atoms with Crippen molar-refractivity contribution >= 4 is 10.0 Å². The number of ether oxygens (including phenoxy) is 1. The number of alkyl halides is 3. The monoisotopic (exact) mass is 299 g/mol. The predicted octanol–water partition coefficient (Wildman–Crippen LogP) is 1.98. The van der Waals surface area contributed by atoms with Crippen molar-refractivity contribution in [3.63, 3.8) is 0 Å². The predicted molar refractivity (Wildman–Crippen MR) is 60.2 cm³/mol. The molecule has 0 unspecified atom stereocenters. The Morgan fingerprint density at radius 3 is 2.37 bits per heavy atom. The van der Waals surface area contributed by atoms with Crippen LogP contribution in [0.1, 0.15) is 13.8 Å². The second kappa shape index (κ2) is 5.25. The molecule has 5 nitrogen and oxygen atoms in total. The number of sulfonamides is 1. The highest BCUT2D eigenvalue weighted by molar-refractivity contribution is 7.89. The number of halogens is 3. The van der Waals surface area contributed by atoms with Crippen LogP contribution in [-0.4, -0.2) is 25.9 Å². The number of hydrogen-bond acceptors (Lipinski definition) is 4. The fourth-order valence-electron chi connectivity index (χ4n) is 1.30. The van der Waals surface area contributed by atoms with E-state index in [0.29, 0.717) is 6.07 Å². The fraction of sp³-hybridized carbons (Fsp3) is 0.400. The molecule has 0 saturated heterocycles. The number of nitrogens with one attached hydrogen (secondary N) is 1. The van der Waals surface area contributed by atoms with Crippen LogP contribution in [0.4, 0.5) is 13.2 Å². The molecule has 1 aromatic rings. The normalized spacial score (nSPS) is 12.7. The highest BCUT2D eigenvalue weighted by Crippen LogP contribution is 2.32. The van der Waals surface area contributed by atoms with E-state index in [-0.39, 0.29) is 0 Å². The van der Waals surface area contributed by atoms with E-state index < -0.39 is 38.8 Å². The molecule has 0 aromatic heterocycles. The second-order valence-electron chi connectivity index (χ2n) is 3.95. The van der Waals surface area contributed by atoms with Crippen LogP contribution in [0.2, 0.25) is 0 Å². The Morgan fingerprint density at radius 1 is 1.32 bits per heavy atom. The zero-order valence-electron chi connectivity index (χ0n) is 10.0. The van der Waals surface area contributed by atoms with Crippen LogP contribution in [0.3, 0.4) is 0 Å². The smallest absolute Gasteiger partial charge is 0.508 e. The molecule has 0 fully saturated rings. The molecular weight excluding hydrogens is 287 g/mol. The minimum absolute atomic E-state index is 0.502. The Hall–Kier alpha value is -1.48. The molecule has 0 heterocycles. The highest BCUT2D eigenvalue weighted by Gasteiger charge is 2.34. The number of aromatic hydroxyl groups is 1. The maximum Gasteiger partial charge on any atom is 0.573 e. The molecule has 0 saturated carbocycles. The first-order valence-corrected chi connectivity index (χ1v) is 6.60. The van der Waals surface area contributed by atoms with Gasteiger partial charge in [-0.15, -0.1) is 13.2 Å². The summed E-state index contributed by atoms with van der Waals surface area (Å²) >= 11 is 0. The third kappa shape index (κ3) is 4.60. The SMILES string of the molecule is CC(C)NS(=O)(=O)c1ccc(O)cc1OC(F)(F)F. The number of benzene rings is 1. The number of phenols is 1. The van der Waals surface area contributed by atoms with Gasteiger partial charge in [0.15, 0.2) is 5.75 Å². The molecule has 0 aliphatic rings. The summed E-state index contributed by atoms with van der Waals surface area (Å²) in [5.41, 5.74) is 0. The van der Waals surface area contributed by atoms with E-state index in [0.717, 1.165) is 12.1 Å². The van der Waals surface area contributed by atoms with Gasteiger partial charge in [0.05, 0.1) is 0 Å². The first-order valence-electron chi connectivity index (χ1n) is 5.12. The van der Waals surface area contributed by atoms with E-state index in [9.17, 15) is 21.6 Å². The van der Waals surface area contributed by atoms with Gasteiger partial charge < -0.3 is 9.84 Å². The van der Waals surface area contributed by atoms with E-state index in [2.05, 4.69) is 9.46 Å². The zero-order chi connectivity index (χ0) is 14.8. The lowest BCUT2D eigenvalue weighted by Gasteiger charge is -2.15. The molecule has 0 atom stereocenters. The summed E-state index contributed by atoms with van der Waals surface area (Å²) in [7, 11) is -4.17. The lowest BCUT2D eigenvalue weighted by atomic mass is 10.3. The van der Waals surface area contributed by atoms with E-state index in [1.807, 2.05) is 0 Å². The van der Waals surface area contributed by atoms with Crippen LogP contribution in [0.5, 0.6) is 11.5 Å². The lowest BCUT2D eigenvalue weighted by Crippen LogP contribution is -2.31. The van der Waals surface area contributed by atoms with Crippen molar-refractivity contribution in [1.29, 1.82) is 0 Å². The van der Waals surface area contributed by atoms with Gasteiger partial charge in [0.1, 0.15) is 10.6 Å². The topological polar surface area (TPSA) is 75.6 Å². The molecule has 2 N–H and O–H groups in total. The summed E-state index contributed by atoms with van der Waals surface area (Å²) in [5.74, 6) is -1.52. The Morgan fingerprint density at radius 2 is 1.89 bits per heavy atom. The maximum absolute atomic E-state index is 12.2. The quantitative estimate of drug-likeness (QED) is 0.891. The summed E-state index contributed by atoms with van der Waals surface area (Å²) in [5, 5.41) is 9.12. The number of phenolic OH excluding ortho intramolecular Hbond substituents is 1. The first kappa shape index (κ1) is 15.6. The Balaban J connectivity index is 3.28. The lowest BCUT2D eigenvalue weighted by molar-refractivity contribution is -0.275. The molecule has 0 bridgehead atoms. The van der Waals surface area contributed by atoms with E-state index in [1.165, 1.54) is 13.8 Å². The maximum atomic E-state index is 12.2. The molecule has 0 aliphatic carbocycles. The first-order chi connectivity index (χ1) is 8.51. The third-order valence-corrected chi connectivity index (χ3v) is 3.53. The molecule has 0 aliphatic heterocycles. The third-order valence-electron chi connectivity index (χ3n) is 1.83. The van der Waals surface area contributed by atoms with E-state index >= 15 is 0 Å². The van der Waals surface area contributed by atoms with Crippen molar-refractivity contribution < 1.29 is 31.4 Å². The number of hydrogen-bond donors (Lipinski definition) is 2. The van der Waals surface area contributed by atoms with Gasteiger partial charge in [0, 0.05) is 12.1 Å². The molecule has 108 valence electrons. The van der Waals surface area contributed by atoms with Crippen LogP contribution in [0.15, 0.2) is 23.1 Å². The molecular formula is C10H12F3NO4S. The minimum atomic E-state index is -5.06. The molecule has 0 radical (unpaired) electrons. The zero-order valence-corrected chi connectivity index (χ0v) is 10.8. The van der Waals surface area contributed by atoms with Crippen molar-refractivity contribution in [2.75, 3.05) is 0 Å². The van der Waals surface area contributed by atoms with E-state index in [1.54, 1.807) is 0 Å². The summed E-state index contributed by atoms with van der Waals surface area (Å²) in [6, 6.07) is 1.87. The van der Waals surface area contributed by atoms with Crippen LogP contribution in [0, 0.1) is 0 Å². The summed E-state index contributed by atoms with van der Waals surface area (Å²) in [6.45, 7) is 3.03. The molecule has 0 spiro atoms. The second-order valence-corrected chi connectivity index (χ2v) is 5.64. The highest BCUT2D eigenvalue weighted by atomic mass is 32.2. The van der Waals surface area contributed by atoms with Crippen LogP contribution in [0.25, 0.3) is 0 Å². The Kier molecular flexibility index (Phi) is 4.31. The van der Waals surface area contributed by atoms with Gasteiger partial charge in [-0.1, -0.05) is 0 Å². The van der Waals surface area contributed by atoms with Gasteiger partial charge in [-0.05, 0) is 26.0 Å².